The van der Waals surface area contributed by atoms with Crippen molar-refractivity contribution in [3.63, 3.8) is 0 Å². The van der Waals surface area contributed by atoms with Crippen molar-refractivity contribution in [2.24, 2.45) is 0 Å². The standard InChI is InChI=1S/C24H27N7/c1-3-7-18(8-4-1)17-29-13-15-30(16-14-29)24-25-22-21-20(27-28-22)11-12-31(23(21)26-24)19-9-5-2-6-10-19/h1-10,20,27H,11-17H2,(H,25,26,28). The van der Waals surface area contributed by atoms with Gasteiger partial charge in [-0.3, -0.25) is 4.90 Å². The largest absolute Gasteiger partial charge is 0.338 e. The number of hydrogen-bond donors (Lipinski definition) is 2. The third kappa shape index (κ3) is 3.49. The average Bonchev–Trinajstić information content (AvgIpc) is 3.25. The summed E-state index contributed by atoms with van der Waals surface area (Å²) >= 11 is 0. The highest BCUT2D eigenvalue weighted by atomic mass is 15.5. The van der Waals surface area contributed by atoms with Crippen LogP contribution in [0.1, 0.15) is 23.6 Å². The number of hydrazine groups is 1. The first-order chi connectivity index (χ1) is 15.3. The summed E-state index contributed by atoms with van der Waals surface area (Å²) < 4.78 is 0. The van der Waals surface area contributed by atoms with Gasteiger partial charge in [-0.05, 0) is 24.1 Å². The molecule has 158 valence electrons. The van der Waals surface area contributed by atoms with Crippen LogP contribution in [0.5, 0.6) is 0 Å². The minimum absolute atomic E-state index is 0.279. The Morgan fingerprint density at radius 1 is 0.839 bits per heavy atom. The Labute approximate surface area is 182 Å². The van der Waals surface area contributed by atoms with Gasteiger partial charge in [-0.2, -0.15) is 9.97 Å². The highest BCUT2D eigenvalue weighted by Crippen LogP contribution is 2.43. The molecule has 0 aliphatic carbocycles. The van der Waals surface area contributed by atoms with Gasteiger partial charge in [-0.1, -0.05) is 48.5 Å². The summed E-state index contributed by atoms with van der Waals surface area (Å²) in [6.07, 6.45) is 1.03. The van der Waals surface area contributed by atoms with Crippen molar-refractivity contribution in [1.82, 2.24) is 20.3 Å². The summed E-state index contributed by atoms with van der Waals surface area (Å²) in [4.78, 5) is 17.2. The van der Waals surface area contributed by atoms with Gasteiger partial charge in [0.15, 0.2) is 5.82 Å². The molecular weight excluding hydrogens is 386 g/mol. The number of anilines is 4. The number of rotatable bonds is 4. The van der Waals surface area contributed by atoms with E-state index in [1.165, 1.54) is 16.8 Å². The van der Waals surface area contributed by atoms with Crippen molar-refractivity contribution in [3.8, 4) is 0 Å². The summed E-state index contributed by atoms with van der Waals surface area (Å²) in [7, 11) is 0. The van der Waals surface area contributed by atoms with E-state index in [9.17, 15) is 0 Å². The predicted octanol–water partition coefficient (Wildman–Crippen LogP) is 3.31. The molecule has 0 bridgehead atoms. The Morgan fingerprint density at radius 2 is 1.58 bits per heavy atom. The number of benzene rings is 2. The molecule has 1 fully saturated rings. The second-order valence-corrected chi connectivity index (χ2v) is 8.46. The van der Waals surface area contributed by atoms with E-state index in [1.54, 1.807) is 0 Å². The van der Waals surface area contributed by atoms with Gasteiger partial charge in [-0.25, -0.2) is 5.43 Å². The molecule has 3 aliphatic heterocycles. The van der Waals surface area contributed by atoms with E-state index < -0.39 is 0 Å². The van der Waals surface area contributed by atoms with Crippen LogP contribution in [0.3, 0.4) is 0 Å². The van der Waals surface area contributed by atoms with Crippen LogP contribution in [0.15, 0.2) is 60.7 Å². The van der Waals surface area contributed by atoms with Gasteiger partial charge in [0, 0.05) is 45.0 Å². The Balaban J connectivity index is 1.24. The molecule has 1 aromatic heterocycles. The van der Waals surface area contributed by atoms with Crippen LogP contribution in [0.25, 0.3) is 0 Å². The zero-order chi connectivity index (χ0) is 20.6. The van der Waals surface area contributed by atoms with Crippen molar-refractivity contribution in [2.45, 2.75) is 19.0 Å². The number of aromatic nitrogens is 2. The molecule has 3 aromatic rings. The molecule has 2 N–H and O–H groups in total. The molecular formula is C24H27N7. The van der Waals surface area contributed by atoms with Crippen molar-refractivity contribution in [1.29, 1.82) is 0 Å². The van der Waals surface area contributed by atoms with Crippen LogP contribution in [0, 0.1) is 0 Å². The number of nitrogens with one attached hydrogen (secondary N) is 2. The van der Waals surface area contributed by atoms with Crippen molar-refractivity contribution < 1.29 is 0 Å². The van der Waals surface area contributed by atoms with Crippen LogP contribution in [0.4, 0.5) is 23.3 Å². The third-order valence-electron chi connectivity index (χ3n) is 6.50. The number of para-hydroxylation sites is 1. The second kappa shape index (κ2) is 7.83. The highest BCUT2D eigenvalue weighted by molar-refractivity contribution is 5.73. The lowest BCUT2D eigenvalue weighted by Gasteiger charge is -2.36. The normalized spacial score (nSPS) is 20.5. The maximum Gasteiger partial charge on any atom is 0.229 e. The van der Waals surface area contributed by atoms with Crippen LogP contribution in [-0.2, 0) is 6.54 Å². The van der Waals surface area contributed by atoms with Crippen molar-refractivity contribution in [3.05, 3.63) is 71.8 Å². The smallest absolute Gasteiger partial charge is 0.229 e. The van der Waals surface area contributed by atoms with Gasteiger partial charge in [0.1, 0.15) is 5.82 Å². The fourth-order valence-electron chi connectivity index (χ4n) is 4.82. The van der Waals surface area contributed by atoms with Crippen LogP contribution in [-0.4, -0.2) is 47.6 Å². The molecule has 1 saturated heterocycles. The molecule has 2 aromatic carbocycles. The fraction of sp³-hybridized carbons (Fsp3) is 0.333. The van der Waals surface area contributed by atoms with Crippen LogP contribution >= 0.6 is 0 Å². The maximum atomic E-state index is 5.10. The van der Waals surface area contributed by atoms with Gasteiger partial charge < -0.3 is 15.2 Å². The van der Waals surface area contributed by atoms with Crippen molar-refractivity contribution >= 4 is 23.3 Å². The van der Waals surface area contributed by atoms with Crippen LogP contribution in [0.2, 0.25) is 0 Å². The zero-order valence-corrected chi connectivity index (χ0v) is 17.5. The predicted molar refractivity (Wildman–Crippen MR) is 124 cm³/mol. The van der Waals surface area contributed by atoms with E-state index >= 15 is 0 Å². The zero-order valence-electron chi connectivity index (χ0n) is 17.5. The first-order valence-corrected chi connectivity index (χ1v) is 11.1. The Hall–Kier alpha value is -3.16. The summed E-state index contributed by atoms with van der Waals surface area (Å²) in [6.45, 7) is 5.85. The fourth-order valence-corrected chi connectivity index (χ4v) is 4.82. The lowest BCUT2D eigenvalue weighted by atomic mass is 10.0. The molecule has 31 heavy (non-hydrogen) atoms. The number of nitrogens with zero attached hydrogens (tertiary/aromatic N) is 5. The number of hydrogen-bond acceptors (Lipinski definition) is 7. The Morgan fingerprint density at radius 3 is 2.35 bits per heavy atom. The first-order valence-electron chi connectivity index (χ1n) is 11.1. The van der Waals surface area contributed by atoms with Gasteiger partial charge in [0.25, 0.3) is 0 Å². The molecule has 3 aliphatic rings. The van der Waals surface area contributed by atoms with Crippen molar-refractivity contribution in [2.75, 3.05) is 47.9 Å². The van der Waals surface area contributed by atoms with Gasteiger partial charge in [0.2, 0.25) is 5.95 Å². The van der Waals surface area contributed by atoms with E-state index in [-0.39, 0.29) is 6.04 Å². The van der Waals surface area contributed by atoms with E-state index in [0.29, 0.717) is 0 Å². The summed E-state index contributed by atoms with van der Waals surface area (Å²) in [5.41, 5.74) is 10.5. The SMILES string of the molecule is c1ccc(CN2CCN(c3nc4c5c(n3)N(c3ccccc3)CCC5NN4)CC2)cc1. The Kier molecular flexibility index (Phi) is 4.70. The quantitative estimate of drug-likeness (QED) is 0.680. The second-order valence-electron chi connectivity index (χ2n) is 8.46. The summed E-state index contributed by atoms with van der Waals surface area (Å²) in [6, 6.07) is 21.5. The minimum atomic E-state index is 0.279. The van der Waals surface area contributed by atoms with Gasteiger partial charge in [-0.15, -0.1) is 0 Å². The molecule has 0 spiro atoms. The topological polar surface area (TPSA) is 59.6 Å². The molecule has 0 radical (unpaired) electrons. The van der Waals surface area contributed by atoms with E-state index in [0.717, 1.165) is 63.3 Å². The molecule has 0 saturated carbocycles. The molecule has 1 atom stereocenters. The molecule has 7 nitrogen and oxygen atoms in total. The third-order valence-corrected chi connectivity index (χ3v) is 6.50. The summed E-state index contributed by atoms with van der Waals surface area (Å²) in [5, 5.41) is 0. The van der Waals surface area contributed by atoms with Gasteiger partial charge >= 0.3 is 0 Å². The minimum Gasteiger partial charge on any atom is -0.338 e. The summed E-state index contributed by atoms with van der Waals surface area (Å²) in [5.74, 6) is 2.79. The first kappa shape index (κ1) is 18.6. The maximum absolute atomic E-state index is 5.10. The van der Waals surface area contributed by atoms with E-state index in [2.05, 4.69) is 86.2 Å². The lowest BCUT2D eigenvalue weighted by molar-refractivity contribution is 0.248. The molecule has 7 heteroatoms. The average molecular weight is 414 g/mol. The molecule has 6 rings (SSSR count). The Bertz CT molecular complexity index is 1050. The van der Waals surface area contributed by atoms with E-state index in [4.69, 9.17) is 9.97 Å². The monoisotopic (exact) mass is 413 g/mol. The molecule has 1 unspecified atom stereocenters. The van der Waals surface area contributed by atoms with Gasteiger partial charge in [0.05, 0.1) is 11.6 Å². The van der Waals surface area contributed by atoms with E-state index in [1.807, 2.05) is 0 Å². The van der Waals surface area contributed by atoms with Crippen LogP contribution < -0.4 is 20.7 Å². The lowest BCUT2D eigenvalue weighted by Crippen LogP contribution is -2.46. The number of piperazine rings is 1. The molecule has 0 amide bonds. The highest BCUT2D eigenvalue weighted by Gasteiger charge is 2.36. The molecule has 4 heterocycles.